The number of aliphatic hydroxyl groups is 1. The highest BCUT2D eigenvalue weighted by Gasteiger charge is 2.29. The van der Waals surface area contributed by atoms with E-state index in [0.29, 0.717) is 11.8 Å². The third-order valence-corrected chi connectivity index (χ3v) is 3.55. The van der Waals surface area contributed by atoms with Gasteiger partial charge in [-0.1, -0.05) is 6.92 Å². The van der Waals surface area contributed by atoms with Crippen molar-refractivity contribution in [3.05, 3.63) is 0 Å². The van der Waals surface area contributed by atoms with E-state index in [4.69, 9.17) is 9.84 Å². The van der Waals surface area contributed by atoms with Crippen LogP contribution in [0.2, 0.25) is 0 Å². The minimum absolute atomic E-state index is 0.141. The Hall–Kier alpha value is -0.260. The lowest BCUT2D eigenvalue weighted by atomic mass is 10.3. The monoisotopic (exact) mass is 233 g/mol. The molecule has 88 valence electrons. The van der Waals surface area contributed by atoms with E-state index in [-0.39, 0.29) is 23.9 Å². The van der Waals surface area contributed by atoms with Gasteiger partial charge in [-0.25, -0.2) is 0 Å². The van der Waals surface area contributed by atoms with Gasteiger partial charge in [-0.3, -0.25) is 4.79 Å². The van der Waals surface area contributed by atoms with Crippen LogP contribution in [0, 0.1) is 0 Å². The highest BCUT2D eigenvalue weighted by atomic mass is 32.2. The molecule has 2 unspecified atom stereocenters. The third-order valence-electron chi connectivity index (χ3n) is 2.30. The highest BCUT2D eigenvalue weighted by Crippen LogP contribution is 2.21. The predicted molar refractivity (Wildman–Crippen MR) is 61.0 cm³/mol. The van der Waals surface area contributed by atoms with Gasteiger partial charge in [-0.05, 0) is 12.8 Å². The zero-order valence-electron chi connectivity index (χ0n) is 9.23. The number of aliphatic hydroxyl groups excluding tert-OH is 1. The molecule has 0 aliphatic heterocycles. The van der Waals surface area contributed by atoms with Crippen LogP contribution in [0.5, 0.6) is 0 Å². The van der Waals surface area contributed by atoms with Gasteiger partial charge in [0.05, 0.1) is 13.7 Å². The molecule has 1 fully saturated rings. The lowest BCUT2D eigenvalue weighted by Gasteiger charge is -2.17. The summed E-state index contributed by atoms with van der Waals surface area (Å²) in [5, 5.41) is 12.3. The fourth-order valence-electron chi connectivity index (χ4n) is 1.17. The van der Waals surface area contributed by atoms with Crippen molar-refractivity contribution < 1.29 is 14.6 Å². The second-order valence-corrected chi connectivity index (χ2v) is 5.31. The van der Waals surface area contributed by atoms with Crippen molar-refractivity contribution in [2.45, 2.75) is 37.1 Å². The fourth-order valence-corrected chi connectivity index (χ4v) is 2.03. The first kappa shape index (κ1) is 12.8. The number of ether oxygens (including phenoxy) is 1. The minimum Gasteiger partial charge on any atom is -0.468 e. The topological polar surface area (TPSA) is 58.6 Å². The van der Waals surface area contributed by atoms with Gasteiger partial charge < -0.3 is 15.2 Å². The zero-order valence-corrected chi connectivity index (χ0v) is 10.0. The Morgan fingerprint density at radius 3 is 2.80 bits per heavy atom. The smallest absolute Gasteiger partial charge is 0.323 e. The molecule has 4 nitrogen and oxygen atoms in total. The second-order valence-electron chi connectivity index (χ2n) is 3.84. The van der Waals surface area contributed by atoms with Gasteiger partial charge in [0.15, 0.2) is 0 Å². The standard InChI is InChI=1S/C10H19NO3S/c1-7(5-12)15-6-9(10(13)14-2)11-8-3-4-8/h7-9,11-12H,3-6H2,1-2H3. The zero-order chi connectivity index (χ0) is 11.3. The van der Waals surface area contributed by atoms with E-state index in [1.165, 1.54) is 7.11 Å². The molecule has 0 aromatic rings. The first-order valence-corrected chi connectivity index (χ1v) is 6.28. The summed E-state index contributed by atoms with van der Waals surface area (Å²) in [6.45, 7) is 2.08. The average Bonchev–Trinajstić information content (AvgIpc) is 3.06. The normalized spacial score (nSPS) is 19.7. The summed E-state index contributed by atoms with van der Waals surface area (Å²) in [6.07, 6.45) is 2.29. The molecule has 2 N–H and O–H groups in total. The molecule has 2 atom stereocenters. The van der Waals surface area contributed by atoms with E-state index in [0.717, 1.165) is 12.8 Å². The fraction of sp³-hybridized carbons (Fsp3) is 0.900. The molecule has 5 heteroatoms. The van der Waals surface area contributed by atoms with Crippen LogP contribution in [0.4, 0.5) is 0 Å². The number of hydrogen-bond acceptors (Lipinski definition) is 5. The molecule has 15 heavy (non-hydrogen) atoms. The van der Waals surface area contributed by atoms with E-state index in [9.17, 15) is 4.79 Å². The van der Waals surface area contributed by atoms with Crippen molar-refractivity contribution in [3.63, 3.8) is 0 Å². The number of nitrogens with one attached hydrogen (secondary N) is 1. The van der Waals surface area contributed by atoms with Crippen LogP contribution in [-0.2, 0) is 9.53 Å². The summed E-state index contributed by atoms with van der Waals surface area (Å²) in [4.78, 5) is 11.4. The van der Waals surface area contributed by atoms with E-state index in [1.807, 2.05) is 6.92 Å². The number of rotatable bonds is 7. The number of carbonyl (C=O) groups is 1. The van der Waals surface area contributed by atoms with Crippen molar-refractivity contribution in [1.29, 1.82) is 0 Å². The first-order valence-electron chi connectivity index (χ1n) is 5.23. The van der Waals surface area contributed by atoms with Gasteiger partial charge >= 0.3 is 5.97 Å². The number of methoxy groups -OCH3 is 1. The van der Waals surface area contributed by atoms with Gasteiger partial charge in [-0.2, -0.15) is 11.8 Å². The molecule has 1 aliphatic rings. The van der Waals surface area contributed by atoms with Crippen LogP contribution in [0.25, 0.3) is 0 Å². The Balaban J connectivity index is 2.30. The van der Waals surface area contributed by atoms with Crippen LogP contribution in [-0.4, -0.2) is 47.9 Å². The molecule has 0 amide bonds. The molecule has 0 spiro atoms. The summed E-state index contributed by atoms with van der Waals surface area (Å²) >= 11 is 1.58. The number of thioether (sulfide) groups is 1. The van der Waals surface area contributed by atoms with Gasteiger partial charge in [0, 0.05) is 17.0 Å². The van der Waals surface area contributed by atoms with Gasteiger partial charge in [-0.15, -0.1) is 0 Å². The lowest BCUT2D eigenvalue weighted by molar-refractivity contribution is -0.142. The Morgan fingerprint density at radius 1 is 1.67 bits per heavy atom. The predicted octanol–water partition coefficient (Wildman–Crippen LogP) is 0.394. The largest absolute Gasteiger partial charge is 0.468 e. The minimum atomic E-state index is -0.235. The van der Waals surface area contributed by atoms with Crippen molar-refractivity contribution in [3.8, 4) is 0 Å². The number of hydrogen-bond donors (Lipinski definition) is 2. The quantitative estimate of drug-likeness (QED) is 0.623. The van der Waals surface area contributed by atoms with Gasteiger partial charge in [0.25, 0.3) is 0 Å². The van der Waals surface area contributed by atoms with E-state index in [2.05, 4.69) is 5.32 Å². The molecule has 0 heterocycles. The maximum absolute atomic E-state index is 11.4. The Morgan fingerprint density at radius 2 is 2.33 bits per heavy atom. The molecule has 0 aromatic heterocycles. The maximum Gasteiger partial charge on any atom is 0.323 e. The van der Waals surface area contributed by atoms with Gasteiger partial charge in [0.2, 0.25) is 0 Å². The van der Waals surface area contributed by atoms with Crippen molar-refractivity contribution in [2.75, 3.05) is 19.5 Å². The third kappa shape index (κ3) is 4.86. The SMILES string of the molecule is COC(=O)C(CSC(C)CO)NC1CC1. The molecule has 0 aromatic carbocycles. The second kappa shape index (κ2) is 6.35. The molecular formula is C10H19NO3S. The lowest BCUT2D eigenvalue weighted by Crippen LogP contribution is -2.41. The molecule has 1 rings (SSSR count). The van der Waals surface area contributed by atoms with E-state index in [1.54, 1.807) is 11.8 Å². The Kier molecular flexibility index (Phi) is 5.42. The van der Waals surface area contributed by atoms with Crippen molar-refractivity contribution >= 4 is 17.7 Å². The van der Waals surface area contributed by atoms with Gasteiger partial charge in [0.1, 0.15) is 6.04 Å². The Labute approximate surface area is 94.8 Å². The summed E-state index contributed by atoms with van der Waals surface area (Å²) < 4.78 is 4.73. The summed E-state index contributed by atoms with van der Waals surface area (Å²) in [7, 11) is 1.41. The van der Waals surface area contributed by atoms with E-state index < -0.39 is 0 Å². The van der Waals surface area contributed by atoms with E-state index >= 15 is 0 Å². The molecule has 1 saturated carbocycles. The molecule has 1 aliphatic carbocycles. The van der Waals surface area contributed by atoms with Crippen LogP contribution in [0.15, 0.2) is 0 Å². The highest BCUT2D eigenvalue weighted by molar-refractivity contribution is 7.99. The molecule has 0 bridgehead atoms. The molecular weight excluding hydrogens is 214 g/mol. The summed E-state index contributed by atoms with van der Waals surface area (Å²) in [5.41, 5.74) is 0. The molecule has 0 saturated heterocycles. The summed E-state index contributed by atoms with van der Waals surface area (Å²) in [5.74, 6) is 0.449. The molecule has 0 radical (unpaired) electrons. The van der Waals surface area contributed by atoms with Crippen LogP contribution >= 0.6 is 11.8 Å². The number of carbonyl (C=O) groups excluding carboxylic acids is 1. The van der Waals surface area contributed by atoms with Crippen LogP contribution in [0.3, 0.4) is 0 Å². The van der Waals surface area contributed by atoms with Crippen molar-refractivity contribution in [1.82, 2.24) is 5.32 Å². The average molecular weight is 233 g/mol. The van der Waals surface area contributed by atoms with Crippen LogP contribution in [0.1, 0.15) is 19.8 Å². The summed E-state index contributed by atoms with van der Waals surface area (Å²) in [6, 6.07) is 0.251. The maximum atomic E-state index is 11.4. The van der Waals surface area contributed by atoms with Crippen molar-refractivity contribution in [2.24, 2.45) is 0 Å². The Bertz CT molecular complexity index is 209. The number of esters is 1. The van der Waals surface area contributed by atoms with Crippen LogP contribution < -0.4 is 5.32 Å². The first-order chi connectivity index (χ1) is 7.17.